The minimum atomic E-state index is -0.743. The molecule has 24 heavy (non-hydrogen) atoms. The summed E-state index contributed by atoms with van der Waals surface area (Å²) in [6, 6.07) is 8.56. The van der Waals surface area contributed by atoms with Gasteiger partial charge in [0, 0.05) is 28.6 Å². The van der Waals surface area contributed by atoms with Gasteiger partial charge in [-0.25, -0.2) is 9.18 Å². The molecule has 1 aliphatic heterocycles. The minimum absolute atomic E-state index is 0. The Morgan fingerprint density at radius 3 is 2.58 bits per heavy atom. The van der Waals surface area contributed by atoms with Gasteiger partial charge in [0.05, 0.1) is 0 Å². The van der Waals surface area contributed by atoms with Crippen molar-refractivity contribution in [2.24, 2.45) is 0 Å². The van der Waals surface area contributed by atoms with Crippen LogP contribution in [-0.4, -0.2) is 0 Å². The van der Waals surface area contributed by atoms with Crippen LogP contribution in [0, 0.1) is 5.82 Å². The molecule has 6 heteroatoms. The molecule has 0 saturated carbocycles. The Morgan fingerprint density at radius 1 is 1.08 bits per heavy atom. The zero-order valence-electron chi connectivity index (χ0n) is 13.5. The Labute approximate surface area is 159 Å². The average molecular weight is 334 g/mol. The Balaban J connectivity index is 0.00000169. The molecule has 0 aliphatic carbocycles. The van der Waals surface area contributed by atoms with Crippen LogP contribution in [0.1, 0.15) is 19.4 Å². The standard InChI is InChI=1S/C18H13FO4.Na/c1-18(2)13-5-9(19)3-4-10(13)11-6-12-14(20)7-17(21)22-15(12)8-16(11)23-18;/h3-8,20H,1-2H3;/q;+1/p-1. The van der Waals surface area contributed by atoms with Crippen LogP contribution in [0.15, 0.2) is 45.6 Å². The van der Waals surface area contributed by atoms with Gasteiger partial charge >= 0.3 is 35.2 Å². The molecular formula is C18H12FNaO4. The molecule has 0 unspecified atom stereocenters. The van der Waals surface area contributed by atoms with E-state index in [2.05, 4.69) is 0 Å². The van der Waals surface area contributed by atoms with Crippen LogP contribution in [0.3, 0.4) is 0 Å². The summed E-state index contributed by atoms with van der Waals surface area (Å²) in [6.45, 7) is 3.66. The van der Waals surface area contributed by atoms with E-state index in [1.165, 1.54) is 12.1 Å². The SMILES string of the molecule is CC1(C)Oc2cc3oc(=O)cc([O-])c3cc2-c2ccc(F)cc21.[Na+]. The molecule has 1 aliphatic rings. The molecule has 1 aromatic heterocycles. The summed E-state index contributed by atoms with van der Waals surface area (Å²) in [5.74, 6) is -0.261. The van der Waals surface area contributed by atoms with Crippen molar-refractivity contribution in [1.29, 1.82) is 0 Å². The van der Waals surface area contributed by atoms with Gasteiger partial charge in [0.1, 0.15) is 22.8 Å². The van der Waals surface area contributed by atoms with Crippen molar-refractivity contribution < 1.29 is 48.2 Å². The van der Waals surface area contributed by atoms with Crippen molar-refractivity contribution in [2.45, 2.75) is 19.4 Å². The fourth-order valence-electron chi connectivity index (χ4n) is 3.04. The molecule has 0 spiro atoms. The van der Waals surface area contributed by atoms with Gasteiger partial charge < -0.3 is 14.3 Å². The molecule has 0 N–H and O–H groups in total. The molecule has 0 fully saturated rings. The predicted octanol–water partition coefficient (Wildman–Crippen LogP) is 0.304. The molecule has 4 rings (SSSR count). The van der Waals surface area contributed by atoms with Crippen LogP contribution in [-0.2, 0) is 5.60 Å². The molecule has 2 aromatic carbocycles. The van der Waals surface area contributed by atoms with Gasteiger partial charge in [-0.1, -0.05) is 11.8 Å². The number of rotatable bonds is 0. The number of fused-ring (bicyclic) bond motifs is 4. The maximum Gasteiger partial charge on any atom is 1.00 e. The molecule has 0 amide bonds. The maximum atomic E-state index is 13.6. The molecule has 116 valence electrons. The Bertz CT molecular complexity index is 1020. The summed E-state index contributed by atoms with van der Waals surface area (Å²) >= 11 is 0. The third-order valence-corrected chi connectivity index (χ3v) is 4.09. The number of halogens is 1. The third-order valence-electron chi connectivity index (χ3n) is 4.09. The first-order valence-electron chi connectivity index (χ1n) is 7.13. The summed E-state index contributed by atoms with van der Waals surface area (Å²) in [5, 5.41) is 12.3. The van der Waals surface area contributed by atoms with Gasteiger partial charge in [0.25, 0.3) is 0 Å². The molecule has 0 saturated heterocycles. The van der Waals surface area contributed by atoms with Crippen LogP contribution < -0.4 is 45.0 Å². The van der Waals surface area contributed by atoms with Crippen molar-refractivity contribution in [1.82, 2.24) is 0 Å². The fraction of sp³-hybridized carbons (Fsp3) is 0.167. The second kappa shape index (κ2) is 5.62. The van der Waals surface area contributed by atoms with Crippen molar-refractivity contribution in [3.8, 4) is 22.6 Å². The quantitative estimate of drug-likeness (QED) is 0.438. The first kappa shape index (κ1) is 17.0. The van der Waals surface area contributed by atoms with E-state index in [0.717, 1.165) is 11.6 Å². The molecule has 0 atom stereocenters. The molecule has 4 nitrogen and oxygen atoms in total. The Hall–Kier alpha value is -1.82. The van der Waals surface area contributed by atoms with Gasteiger partial charge in [0.2, 0.25) is 0 Å². The van der Waals surface area contributed by atoms with E-state index < -0.39 is 17.0 Å². The second-order valence-electron chi connectivity index (χ2n) is 6.08. The van der Waals surface area contributed by atoms with Gasteiger partial charge in [-0.05, 0) is 37.6 Å². The number of hydrogen-bond donors (Lipinski definition) is 0. The van der Waals surface area contributed by atoms with E-state index in [0.29, 0.717) is 22.3 Å². The van der Waals surface area contributed by atoms with E-state index in [4.69, 9.17) is 9.15 Å². The minimum Gasteiger partial charge on any atom is -0.872 e. The van der Waals surface area contributed by atoms with Crippen molar-refractivity contribution in [3.05, 3.63) is 58.2 Å². The van der Waals surface area contributed by atoms with Gasteiger partial charge in [-0.3, -0.25) is 0 Å². The summed E-state index contributed by atoms with van der Waals surface area (Å²) in [6.07, 6.45) is 0. The van der Waals surface area contributed by atoms with Gasteiger partial charge in [-0.15, -0.1) is 0 Å². The van der Waals surface area contributed by atoms with Crippen molar-refractivity contribution >= 4 is 11.0 Å². The summed E-state index contributed by atoms with van der Waals surface area (Å²) in [4.78, 5) is 11.4. The normalized spacial score (nSPS) is 14.3. The van der Waals surface area contributed by atoms with Crippen LogP contribution in [0.2, 0.25) is 0 Å². The monoisotopic (exact) mass is 334 g/mol. The Kier molecular flexibility index (Phi) is 3.98. The largest absolute Gasteiger partial charge is 1.00 e. The predicted molar refractivity (Wildman–Crippen MR) is 81.0 cm³/mol. The fourth-order valence-corrected chi connectivity index (χ4v) is 3.04. The summed E-state index contributed by atoms with van der Waals surface area (Å²) in [5.41, 5.74) is 0.924. The summed E-state index contributed by atoms with van der Waals surface area (Å²) in [7, 11) is 0. The van der Waals surface area contributed by atoms with Crippen molar-refractivity contribution in [2.75, 3.05) is 0 Å². The van der Waals surface area contributed by atoms with Crippen LogP contribution in [0.4, 0.5) is 4.39 Å². The third kappa shape index (κ3) is 2.53. The van der Waals surface area contributed by atoms with Crippen LogP contribution >= 0.6 is 0 Å². The van der Waals surface area contributed by atoms with Crippen LogP contribution in [0.5, 0.6) is 11.5 Å². The molecule has 2 heterocycles. The molecule has 0 radical (unpaired) electrons. The number of benzene rings is 2. The topological polar surface area (TPSA) is 62.5 Å². The van der Waals surface area contributed by atoms with E-state index >= 15 is 0 Å². The molecule has 3 aromatic rings. The van der Waals surface area contributed by atoms with Crippen LogP contribution in [0.25, 0.3) is 22.1 Å². The van der Waals surface area contributed by atoms with E-state index in [-0.39, 0.29) is 41.0 Å². The summed E-state index contributed by atoms with van der Waals surface area (Å²) < 4.78 is 24.7. The zero-order chi connectivity index (χ0) is 16.4. The molecule has 0 bridgehead atoms. The van der Waals surface area contributed by atoms with E-state index in [1.807, 2.05) is 13.8 Å². The van der Waals surface area contributed by atoms with E-state index in [9.17, 15) is 14.3 Å². The average Bonchev–Trinajstić information content (AvgIpc) is 2.45. The van der Waals surface area contributed by atoms with Gasteiger partial charge in [0.15, 0.2) is 0 Å². The maximum absolute atomic E-state index is 13.6. The second-order valence-corrected chi connectivity index (χ2v) is 6.08. The smallest absolute Gasteiger partial charge is 0.872 e. The van der Waals surface area contributed by atoms with Gasteiger partial charge in [-0.2, -0.15) is 0 Å². The zero-order valence-corrected chi connectivity index (χ0v) is 15.5. The first-order valence-corrected chi connectivity index (χ1v) is 7.13. The molecular weight excluding hydrogens is 322 g/mol. The number of hydrogen-bond acceptors (Lipinski definition) is 4. The van der Waals surface area contributed by atoms with E-state index in [1.54, 1.807) is 18.2 Å². The Morgan fingerprint density at radius 2 is 1.83 bits per heavy atom. The van der Waals surface area contributed by atoms with Crippen molar-refractivity contribution in [3.63, 3.8) is 0 Å². The first-order chi connectivity index (χ1) is 10.8. The number of ether oxygens (including phenoxy) is 1.